The molecular formula is C32H35ClN2O2S. The zero-order chi connectivity index (χ0) is 26.4. The second kappa shape index (κ2) is 12.3. The van der Waals surface area contributed by atoms with Crippen LogP contribution < -0.4 is 14.4 Å². The smallest absolute Gasteiger partial charge is 0.301 e. The normalized spacial score (nSPS) is 19.9. The number of benzene rings is 3. The lowest BCUT2D eigenvalue weighted by Gasteiger charge is -2.35. The van der Waals surface area contributed by atoms with Crippen LogP contribution in [0.3, 0.4) is 0 Å². The number of nitrogens with zero attached hydrogens (tertiary/aromatic N) is 2. The van der Waals surface area contributed by atoms with E-state index in [0.717, 1.165) is 78.0 Å². The Kier molecular flexibility index (Phi) is 8.68. The molecule has 4 nitrogen and oxygen atoms in total. The largest absolute Gasteiger partial charge is 0.441 e. The topological polar surface area (TPSA) is 24.9 Å². The molecule has 0 aliphatic carbocycles. The molecule has 1 fully saturated rings. The van der Waals surface area contributed by atoms with Crippen LogP contribution in [0.1, 0.15) is 38.7 Å². The highest BCUT2D eigenvalue weighted by Gasteiger charge is 2.45. The van der Waals surface area contributed by atoms with Crippen molar-refractivity contribution < 1.29 is 9.47 Å². The summed E-state index contributed by atoms with van der Waals surface area (Å²) in [5.41, 5.74) is 3.25. The van der Waals surface area contributed by atoms with Crippen LogP contribution in [0.2, 0.25) is 5.02 Å². The first-order valence-corrected chi connectivity index (χ1v) is 14.6. The van der Waals surface area contributed by atoms with Gasteiger partial charge in [-0.3, -0.25) is 0 Å². The van der Waals surface area contributed by atoms with Gasteiger partial charge in [0, 0.05) is 52.9 Å². The first-order chi connectivity index (χ1) is 18.6. The van der Waals surface area contributed by atoms with Crippen molar-refractivity contribution in [3.05, 3.63) is 107 Å². The van der Waals surface area contributed by atoms with Crippen molar-refractivity contribution in [3.63, 3.8) is 0 Å². The van der Waals surface area contributed by atoms with Crippen molar-refractivity contribution in [2.45, 2.75) is 43.8 Å². The summed E-state index contributed by atoms with van der Waals surface area (Å²) in [6.07, 6.45) is 9.72. The highest BCUT2D eigenvalue weighted by Crippen LogP contribution is 2.49. The van der Waals surface area contributed by atoms with Gasteiger partial charge in [-0.15, -0.1) is 0 Å². The number of halogens is 1. The number of anilines is 1. The van der Waals surface area contributed by atoms with Gasteiger partial charge in [-0.25, -0.2) is 4.31 Å². The second-order valence-corrected chi connectivity index (χ2v) is 11.2. The third-order valence-corrected chi connectivity index (χ3v) is 8.25. The van der Waals surface area contributed by atoms with E-state index < -0.39 is 5.79 Å². The number of unbranched alkanes of at least 4 members (excludes halogenated alkanes) is 1. The lowest BCUT2D eigenvalue weighted by molar-refractivity contribution is -0.0501. The third-order valence-electron chi connectivity index (χ3n) is 6.93. The summed E-state index contributed by atoms with van der Waals surface area (Å²) in [4.78, 5) is 3.54. The fourth-order valence-electron chi connectivity index (χ4n) is 4.88. The average Bonchev–Trinajstić information content (AvgIpc) is 3.34. The van der Waals surface area contributed by atoms with Gasteiger partial charge in [-0.2, -0.15) is 0 Å². The monoisotopic (exact) mass is 546 g/mol. The third kappa shape index (κ3) is 6.06. The van der Waals surface area contributed by atoms with E-state index in [1.807, 2.05) is 42.5 Å². The predicted molar refractivity (Wildman–Crippen MR) is 159 cm³/mol. The van der Waals surface area contributed by atoms with Crippen LogP contribution in [0, 0.1) is 0 Å². The summed E-state index contributed by atoms with van der Waals surface area (Å²) in [5, 5.41) is 0.782. The molecule has 6 heteroatoms. The van der Waals surface area contributed by atoms with E-state index in [4.69, 9.17) is 21.1 Å². The van der Waals surface area contributed by atoms with Gasteiger partial charge in [0.2, 0.25) is 0 Å². The molecule has 0 aromatic heterocycles. The Balaban J connectivity index is 1.28. The molecule has 2 aliphatic rings. The Morgan fingerprint density at radius 2 is 1.68 bits per heavy atom. The van der Waals surface area contributed by atoms with Crippen molar-refractivity contribution in [2.24, 2.45) is 0 Å². The van der Waals surface area contributed by atoms with Gasteiger partial charge in [-0.05, 0) is 74.5 Å². The Morgan fingerprint density at radius 3 is 2.45 bits per heavy atom. The number of fused-ring (bicyclic) bond motifs is 1. The first kappa shape index (κ1) is 26.7. The van der Waals surface area contributed by atoms with Crippen molar-refractivity contribution in [1.82, 2.24) is 4.31 Å². The molecule has 0 saturated carbocycles. The molecule has 0 bridgehead atoms. The number of allylic oxidation sites excluding steroid dienone is 3. The Hall–Kier alpha value is -2.86. The SMILES string of the molecule is CC/C=C\CC/C=C(\C)C1(c2ccccc2)Oc2ccc(SN3CCN(c4cccc(Cl)c4)CC3)cc2O1. The molecule has 2 aliphatic heterocycles. The molecule has 0 spiro atoms. The summed E-state index contributed by atoms with van der Waals surface area (Å²) >= 11 is 7.98. The molecule has 0 N–H and O–H groups in total. The lowest BCUT2D eigenvalue weighted by atomic mass is 9.97. The maximum atomic E-state index is 6.68. The highest BCUT2D eigenvalue weighted by molar-refractivity contribution is 7.97. The quantitative estimate of drug-likeness (QED) is 0.152. The fourth-order valence-corrected chi connectivity index (χ4v) is 6.00. The molecule has 3 aromatic rings. The standard InChI is InChI=1S/C32H35ClN2O2S/c1-3-4-5-6-8-12-25(2)32(26-13-9-7-10-14-26)36-30-18-17-29(24-31(30)37-32)38-35-21-19-34(20-22-35)28-16-11-15-27(33)23-28/h4-5,7,9-18,23-24H,3,6,8,19-22H2,1-2H3/b5-4-,25-12+. The molecule has 3 aromatic carbocycles. The zero-order valence-electron chi connectivity index (χ0n) is 22.1. The van der Waals surface area contributed by atoms with E-state index in [1.54, 1.807) is 11.9 Å². The van der Waals surface area contributed by atoms with E-state index in [9.17, 15) is 0 Å². The zero-order valence-corrected chi connectivity index (χ0v) is 23.7. The van der Waals surface area contributed by atoms with E-state index in [1.165, 1.54) is 5.69 Å². The van der Waals surface area contributed by atoms with Crippen LogP contribution in [-0.2, 0) is 5.79 Å². The molecule has 1 atom stereocenters. The van der Waals surface area contributed by atoms with E-state index in [0.29, 0.717) is 0 Å². The molecule has 5 rings (SSSR count). The van der Waals surface area contributed by atoms with Gasteiger partial charge in [0.1, 0.15) is 0 Å². The Morgan fingerprint density at radius 1 is 0.895 bits per heavy atom. The van der Waals surface area contributed by atoms with Gasteiger partial charge in [0.05, 0.1) is 0 Å². The van der Waals surface area contributed by atoms with Gasteiger partial charge in [0.15, 0.2) is 11.5 Å². The Labute approximate surface area is 236 Å². The molecule has 0 radical (unpaired) electrons. The van der Waals surface area contributed by atoms with Crippen LogP contribution in [0.25, 0.3) is 0 Å². The molecule has 198 valence electrons. The first-order valence-electron chi connectivity index (χ1n) is 13.4. The van der Waals surface area contributed by atoms with Crippen LogP contribution >= 0.6 is 23.5 Å². The van der Waals surface area contributed by atoms with Crippen molar-refractivity contribution >= 4 is 29.2 Å². The maximum absolute atomic E-state index is 6.68. The van der Waals surface area contributed by atoms with Crippen molar-refractivity contribution in [2.75, 3.05) is 31.1 Å². The van der Waals surface area contributed by atoms with Gasteiger partial charge in [0.25, 0.3) is 0 Å². The minimum Gasteiger partial charge on any atom is -0.441 e. The van der Waals surface area contributed by atoms with E-state index in [2.05, 4.69) is 71.6 Å². The molecular weight excluding hydrogens is 512 g/mol. The number of ether oxygens (including phenoxy) is 2. The van der Waals surface area contributed by atoms with Gasteiger partial charge >= 0.3 is 5.79 Å². The lowest BCUT2D eigenvalue weighted by Crippen LogP contribution is -2.43. The molecule has 1 saturated heterocycles. The van der Waals surface area contributed by atoms with Gasteiger partial charge < -0.3 is 14.4 Å². The van der Waals surface area contributed by atoms with E-state index >= 15 is 0 Å². The molecule has 1 unspecified atom stereocenters. The van der Waals surface area contributed by atoms with Crippen LogP contribution in [-0.4, -0.2) is 30.5 Å². The minimum atomic E-state index is -0.941. The minimum absolute atomic E-state index is 0.780. The number of piperazine rings is 1. The summed E-state index contributed by atoms with van der Waals surface area (Å²) < 4.78 is 15.7. The number of hydrogen-bond donors (Lipinski definition) is 0. The highest BCUT2D eigenvalue weighted by atomic mass is 35.5. The Bertz CT molecular complexity index is 1290. The maximum Gasteiger partial charge on any atom is 0.301 e. The predicted octanol–water partition coefficient (Wildman–Crippen LogP) is 8.49. The van der Waals surface area contributed by atoms with Crippen molar-refractivity contribution in [1.29, 1.82) is 0 Å². The second-order valence-electron chi connectivity index (χ2n) is 9.63. The number of hydrogen-bond acceptors (Lipinski definition) is 5. The van der Waals surface area contributed by atoms with Crippen LogP contribution in [0.15, 0.2) is 101 Å². The number of rotatable bonds is 9. The fraction of sp³-hybridized carbons (Fsp3) is 0.312. The summed E-state index contributed by atoms with van der Waals surface area (Å²) in [6.45, 7) is 8.13. The summed E-state index contributed by atoms with van der Waals surface area (Å²) in [7, 11) is 0. The average molecular weight is 547 g/mol. The summed E-state index contributed by atoms with van der Waals surface area (Å²) in [5.74, 6) is 0.627. The van der Waals surface area contributed by atoms with Crippen LogP contribution in [0.5, 0.6) is 11.5 Å². The van der Waals surface area contributed by atoms with Crippen molar-refractivity contribution in [3.8, 4) is 11.5 Å². The summed E-state index contributed by atoms with van der Waals surface area (Å²) in [6, 6.07) is 24.7. The van der Waals surface area contributed by atoms with Crippen LogP contribution in [0.4, 0.5) is 5.69 Å². The molecule has 38 heavy (non-hydrogen) atoms. The molecule has 0 amide bonds. The van der Waals surface area contributed by atoms with E-state index in [-0.39, 0.29) is 0 Å². The molecule has 2 heterocycles. The van der Waals surface area contributed by atoms with Gasteiger partial charge in [-0.1, -0.05) is 73.2 Å².